The van der Waals surface area contributed by atoms with Gasteiger partial charge >= 0.3 is 6.36 Å². The van der Waals surface area contributed by atoms with Gasteiger partial charge in [0.15, 0.2) is 5.54 Å². The highest BCUT2D eigenvalue weighted by molar-refractivity contribution is 6.32. The molecule has 3 rings (SSSR count). The fourth-order valence-electron chi connectivity index (χ4n) is 4.15. The molecule has 1 N–H and O–H groups in total. The Hall–Kier alpha value is -2.79. The number of anilines is 1. The van der Waals surface area contributed by atoms with Crippen LogP contribution in [0.15, 0.2) is 43.0 Å². The van der Waals surface area contributed by atoms with Gasteiger partial charge in [-0.2, -0.15) is 0 Å². The van der Waals surface area contributed by atoms with Crippen LogP contribution in [0.3, 0.4) is 0 Å². The van der Waals surface area contributed by atoms with Gasteiger partial charge in [0.1, 0.15) is 6.33 Å². The average Bonchev–Trinajstić information content (AvgIpc) is 2.81. The van der Waals surface area contributed by atoms with E-state index >= 15 is 0 Å². The Morgan fingerprint density at radius 2 is 1.69 bits per heavy atom. The summed E-state index contributed by atoms with van der Waals surface area (Å²) in [5.74, 6) is -1.85. The van der Waals surface area contributed by atoms with Crippen molar-refractivity contribution in [3.63, 3.8) is 0 Å². The fourth-order valence-corrected chi connectivity index (χ4v) is 4.25. The maximum atomic E-state index is 14.2. The fraction of sp³-hybridized carbons (Fsp3) is 0.478. The number of halogens is 5. The first kappa shape index (κ1) is 26.8. The van der Waals surface area contributed by atoms with Gasteiger partial charge in [0.25, 0.3) is 17.4 Å². The lowest BCUT2D eigenvalue weighted by atomic mass is 9.87. The second-order valence-electron chi connectivity index (χ2n) is 8.52. The molecule has 0 unspecified atom stereocenters. The molecule has 0 saturated heterocycles. The normalized spacial score (nSPS) is 21.0. The summed E-state index contributed by atoms with van der Waals surface area (Å²) in [4.78, 5) is 35.5. The second-order valence-corrected chi connectivity index (χ2v) is 8.90. The third-order valence-corrected chi connectivity index (χ3v) is 6.21. The van der Waals surface area contributed by atoms with E-state index in [9.17, 15) is 27.2 Å². The summed E-state index contributed by atoms with van der Waals surface area (Å²) in [5.41, 5.74) is -2.99. The van der Waals surface area contributed by atoms with Crippen molar-refractivity contribution < 1.29 is 31.9 Å². The van der Waals surface area contributed by atoms with Crippen LogP contribution >= 0.6 is 11.6 Å². The minimum Gasteiger partial charge on any atom is -0.351 e. The number of hydrogen-bond acceptors (Lipinski definition) is 5. The van der Waals surface area contributed by atoms with E-state index in [1.165, 1.54) is 25.6 Å². The molecule has 1 fully saturated rings. The molecule has 190 valence electrons. The summed E-state index contributed by atoms with van der Waals surface area (Å²) in [5, 5.41) is 2.81. The van der Waals surface area contributed by atoms with Crippen LogP contribution in [0.4, 0.5) is 23.2 Å². The van der Waals surface area contributed by atoms with Crippen LogP contribution in [0.5, 0.6) is 0 Å². The Labute approximate surface area is 204 Å². The van der Waals surface area contributed by atoms with Crippen molar-refractivity contribution in [1.29, 1.82) is 0 Å². The van der Waals surface area contributed by atoms with Crippen LogP contribution in [-0.4, -0.2) is 45.9 Å². The minimum absolute atomic E-state index is 0.0878. The summed E-state index contributed by atoms with van der Waals surface area (Å²) >= 11 is 5.54. The summed E-state index contributed by atoms with van der Waals surface area (Å²) < 4.78 is 55.8. The third-order valence-electron chi connectivity index (χ3n) is 6.02. The number of nitrogens with one attached hydrogen (secondary N) is 1. The van der Waals surface area contributed by atoms with Crippen molar-refractivity contribution in [1.82, 2.24) is 15.3 Å². The zero-order chi connectivity index (χ0) is 25.8. The number of ether oxygens (including phenoxy) is 1. The van der Waals surface area contributed by atoms with E-state index in [2.05, 4.69) is 20.0 Å². The van der Waals surface area contributed by atoms with Crippen LogP contribution in [0.25, 0.3) is 0 Å². The number of amides is 2. The molecule has 1 saturated carbocycles. The number of aromatic nitrogens is 2. The smallest absolute Gasteiger partial charge is 0.351 e. The Morgan fingerprint density at radius 3 is 2.20 bits per heavy atom. The Balaban J connectivity index is 1.93. The maximum Gasteiger partial charge on any atom is 0.522 e. The summed E-state index contributed by atoms with van der Waals surface area (Å²) in [6, 6.07) is 6.02. The number of nitrogens with zero attached hydrogens (tertiary/aromatic N) is 3. The van der Waals surface area contributed by atoms with Crippen molar-refractivity contribution in [2.24, 2.45) is 0 Å². The van der Waals surface area contributed by atoms with E-state index in [0.717, 1.165) is 10.5 Å². The van der Waals surface area contributed by atoms with E-state index in [0.29, 0.717) is 0 Å². The molecule has 1 aromatic heterocycles. The molecule has 0 radical (unpaired) electrons. The van der Waals surface area contributed by atoms with E-state index in [4.69, 9.17) is 11.6 Å². The number of carbonyl (C=O) groups excluding carboxylic acids is 2. The number of hydrogen-bond donors (Lipinski definition) is 1. The lowest BCUT2D eigenvalue weighted by Crippen LogP contribution is -2.60. The van der Waals surface area contributed by atoms with Gasteiger partial charge in [-0.25, -0.2) is 14.4 Å². The van der Waals surface area contributed by atoms with Gasteiger partial charge in [-0.15, -0.1) is 13.2 Å². The molecular weight excluding hydrogens is 492 g/mol. The topological polar surface area (TPSA) is 84.4 Å². The first-order valence-corrected chi connectivity index (χ1v) is 11.4. The number of benzene rings is 1. The van der Waals surface area contributed by atoms with E-state index in [1.807, 2.05) is 6.92 Å². The van der Waals surface area contributed by atoms with E-state index in [-0.39, 0.29) is 36.9 Å². The molecule has 2 atom stereocenters. The zero-order valence-electron chi connectivity index (χ0n) is 19.1. The predicted octanol–water partition coefficient (Wildman–Crippen LogP) is 4.53. The Bertz CT molecular complexity index is 1020. The van der Waals surface area contributed by atoms with Gasteiger partial charge in [-0.3, -0.25) is 19.2 Å². The molecule has 35 heavy (non-hydrogen) atoms. The maximum absolute atomic E-state index is 14.2. The quantitative estimate of drug-likeness (QED) is 0.432. The van der Waals surface area contributed by atoms with Gasteiger partial charge in [-0.1, -0.05) is 29.3 Å². The molecule has 1 aliphatic carbocycles. The highest BCUT2D eigenvalue weighted by Crippen LogP contribution is 2.36. The summed E-state index contributed by atoms with van der Waals surface area (Å²) in [7, 11) is 0. The lowest BCUT2D eigenvalue weighted by molar-refractivity contribution is -0.345. The van der Waals surface area contributed by atoms with Crippen LogP contribution < -0.4 is 10.2 Å². The van der Waals surface area contributed by atoms with Crippen molar-refractivity contribution in [3.05, 3.63) is 54.1 Å². The molecule has 0 bridgehead atoms. The minimum atomic E-state index is -4.73. The standard InChI is InChI=1S/C23H25ClF4N4O3/c1-14-3-7-17(8-4-14)32(20(33)19(24)25)22(2,15-11-29-13-30-12-15)21(34)31-16-5-9-18(10-6-16)35-23(26,27)28/h3-4,7-8,11-13,16,18-19H,5-6,9-10H2,1-2H3,(H,31,34)/t16-,18+,19-,22+/m0/s1. The molecule has 2 aromatic rings. The van der Waals surface area contributed by atoms with Gasteiger partial charge in [0.05, 0.1) is 6.10 Å². The third kappa shape index (κ3) is 6.46. The molecule has 1 aromatic carbocycles. The first-order chi connectivity index (χ1) is 16.4. The molecule has 0 aliphatic heterocycles. The van der Waals surface area contributed by atoms with Gasteiger partial charge in [-0.05, 0) is 51.7 Å². The molecular formula is C23H25ClF4N4O3. The van der Waals surface area contributed by atoms with Crippen LogP contribution in [0.1, 0.15) is 43.7 Å². The Morgan fingerprint density at radius 1 is 1.11 bits per heavy atom. The largest absolute Gasteiger partial charge is 0.522 e. The number of aryl methyl sites for hydroxylation is 1. The van der Waals surface area contributed by atoms with Crippen molar-refractivity contribution >= 4 is 29.1 Å². The predicted molar refractivity (Wildman–Crippen MR) is 120 cm³/mol. The highest BCUT2D eigenvalue weighted by Gasteiger charge is 2.48. The SMILES string of the molecule is Cc1ccc(N(C(=O)[C@H](F)Cl)[C@@](C)(C(=O)N[C@H]2CC[C@@H](OC(F)(F)F)CC2)c2cncnc2)cc1. The summed E-state index contributed by atoms with van der Waals surface area (Å²) in [6.45, 7) is 3.24. The van der Waals surface area contributed by atoms with Gasteiger partial charge in [0, 0.05) is 29.7 Å². The van der Waals surface area contributed by atoms with Crippen LogP contribution in [0, 0.1) is 6.92 Å². The molecule has 7 nitrogen and oxygen atoms in total. The van der Waals surface area contributed by atoms with Crippen molar-refractivity contribution in [2.75, 3.05) is 4.90 Å². The van der Waals surface area contributed by atoms with E-state index in [1.54, 1.807) is 24.3 Å². The molecule has 12 heteroatoms. The number of carbonyl (C=O) groups is 2. The highest BCUT2D eigenvalue weighted by atomic mass is 35.5. The first-order valence-electron chi connectivity index (χ1n) is 10.9. The number of alkyl halides is 5. The Kier molecular flexibility index (Phi) is 8.32. The van der Waals surface area contributed by atoms with Crippen LogP contribution in [-0.2, 0) is 19.9 Å². The van der Waals surface area contributed by atoms with E-state index < -0.39 is 41.5 Å². The van der Waals surface area contributed by atoms with Gasteiger partial charge < -0.3 is 5.32 Å². The molecule has 1 aliphatic rings. The van der Waals surface area contributed by atoms with Crippen molar-refractivity contribution in [2.45, 2.75) is 69.2 Å². The molecule has 1 heterocycles. The van der Waals surface area contributed by atoms with Crippen LogP contribution in [0.2, 0.25) is 0 Å². The van der Waals surface area contributed by atoms with Crippen molar-refractivity contribution in [3.8, 4) is 0 Å². The average molecular weight is 517 g/mol. The lowest BCUT2D eigenvalue weighted by Gasteiger charge is -2.41. The molecule has 0 spiro atoms. The second kappa shape index (κ2) is 10.9. The summed E-state index contributed by atoms with van der Waals surface area (Å²) in [6.07, 6.45) is -1.19. The van der Waals surface area contributed by atoms with Gasteiger partial charge in [0.2, 0.25) is 0 Å². The molecule has 2 amide bonds. The zero-order valence-corrected chi connectivity index (χ0v) is 19.8. The number of rotatable bonds is 7. The monoisotopic (exact) mass is 516 g/mol.